The highest BCUT2D eigenvalue weighted by atomic mass is 35.5. The summed E-state index contributed by atoms with van der Waals surface area (Å²) in [5, 5.41) is 14.3. The molecule has 0 heterocycles. The molecule has 1 unspecified atom stereocenters. The number of carbonyl (C=O) groups is 2. The second-order valence-electron chi connectivity index (χ2n) is 4.02. The summed E-state index contributed by atoms with van der Waals surface area (Å²) in [4.78, 5) is 22.5. The van der Waals surface area contributed by atoms with Crippen molar-refractivity contribution in [3.63, 3.8) is 0 Å². The Morgan fingerprint density at radius 3 is 2.79 bits per heavy atom. The van der Waals surface area contributed by atoms with E-state index in [0.717, 1.165) is 0 Å². The molecule has 1 aromatic rings. The van der Waals surface area contributed by atoms with Crippen molar-refractivity contribution in [2.75, 3.05) is 5.32 Å². The van der Waals surface area contributed by atoms with E-state index in [1.54, 1.807) is 6.08 Å². The van der Waals surface area contributed by atoms with Crippen LogP contribution in [0.5, 0.6) is 0 Å². The Kier molecular flexibility index (Phi) is 5.38. The van der Waals surface area contributed by atoms with Gasteiger partial charge < -0.3 is 15.7 Å². The predicted molar refractivity (Wildman–Crippen MR) is 74.8 cm³/mol. The van der Waals surface area contributed by atoms with Gasteiger partial charge >= 0.3 is 12.0 Å². The highest BCUT2D eigenvalue weighted by Gasteiger charge is 2.11. The minimum atomic E-state index is -1.14. The molecule has 1 aromatic carbocycles. The molecule has 2 amide bonds. The molecule has 0 aromatic heterocycles. The minimum Gasteiger partial charge on any atom is -0.478 e. The number of aromatic carboxylic acids is 1. The third-order valence-electron chi connectivity index (χ3n) is 2.35. The van der Waals surface area contributed by atoms with Crippen molar-refractivity contribution < 1.29 is 14.7 Å². The van der Waals surface area contributed by atoms with Gasteiger partial charge in [-0.05, 0) is 31.5 Å². The van der Waals surface area contributed by atoms with Gasteiger partial charge in [-0.1, -0.05) is 17.7 Å². The van der Waals surface area contributed by atoms with Crippen molar-refractivity contribution >= 4 is 29.3 Å². The summed E-state index contributed by atoms with van der Waals surface area (Å²) >= 11 is 5.73. The fourth-order valence-electron chi connectivity index (χ4n) is 1.47. The molecule has 1 rings (SSSR count). The standard InChI is InChI=1S/C13H15ClN2O3/c1-3-4-8(2)15-13(19)16-9-5-6-11(14)10(7-9)12(17)18/h3,5-8H,1,4H2,2H3,(H,17,18)(H2,15,16,19). The summed E-state index contributed by atoms with van der Waals surface area (Å²) in [5.41, 5.74) is 0.309. The number of urea groups is 1. The van der Waals surface area contributed by atoms with Gasteiger partial charge in [0.1, 0.15) is 0 Å². The summed E-state index contributed by atoms with van der Waals surface area (Å²) in [5.74, 6) is -1.14. The molecule has 0 spiro atoms. The number of carboxylic acids is 1. The predicted octanol–water partition coefficient (Wildman–Crippen LogP) is 3.12. The Morgan fingerprint density at radius 1 is 1.53 bits per heavy atom. The molecule has 0 radical (unpaired) electrons. The lowest BCUT2D eigenvalue weighted by atomic mass is 10.2. The number of amides is 2. The third-order valence-corrected chi connectivity index (χ3v) is 2.68. The van der Waals surface area contributed by atoms with Crippen LogP contribution in [0.25, 0.3) is 0 Å². The Morgan fingerprint density at radius 2 is 2.21 bits per heavy atom. The van der Waals surface area contributed by atoms with Gasteiger partial charge in [-0.25, -0.2) is 9.59 Å². The quantitative estimate of drug-likeness (QED) is 0.726. The first-order chi connectivity index (χ1) is 8.93. The summed E-state index contributed by atoms with van der Waals surface area (Å²) in [6.07, 6.45) is 2.35. The van der Waals surface area contributed by atoms with Crippen LogP contribution < -0.4 is 10.6 Å². The van der Waals surface area contributed by atoms with Crippen molar-refractivity contribution in [2.24, 2.45) is 0 Å². The van der Waals surface area contributed by atoms with E-state index in [1.807, 2.05) is 6.92 Å². The van der Waals surface area contributed by atoms with Crippen molar-refractivity contribution in [1.29, 1.82) is 0 Å². The first-order valence-electron chi connectivity index (χ1n) is 5.65. The Hall–Kier alpha value is -2.01. The first-order valence-corrected chi connectivity index (χ1v) is 6.03. The van der Waals surface area contributed by atoms with Gasteiger partial charge in [-0.2, -0.15) is 0 Å². The minimum absolute atomic E-state index is 0.0521. The van der Waals surface area contributed by atoms with Gasteiger partial charge in [0, 0.05) is 11.7 Å². The van der Waals surface area contributed by atoms with Gasteiger partial charge in [-0.3, -0.25) is 0 Å². The van der Waals surface area contributed by atoms with Crippen molar-refractivity contribution in [3.8, 4) is 0 Å². The molecule has 0 bridgehead atoms. The van der Waals surface area contributed by atoms with Gasteiger partial charge in [0.15, 0.2) is 0 Å². The highest BCUT2D eigenvalue weighted by molar-refractivity contribution is 6.33. The molecule has 1 atom stereocenters. The average Bonchev–Trinajstić information content (AvgIpc) is 2.31. The first kappa shape index (κ1) is 15.0. The molecule has 0 aliphatic rings. The molecule has 102 valence electrons. The van der Waals surface area contributed by atoms with Crippen LogP contribution in [0.3, 0.4) is 0 Å². The normalized spacial score (nSPS) is 11.5. The van der Waals surface area contributed by atoms with E-state index in [9.17, 15) is 9.59 Å². The third kappa shape index (κ3) is 4.63. The average molecular weight is 283 g/mol. The Balaban J connectivity index is 2.72. The number of anilines is 1. The van der Waals surface area contributed by atoms with Crippen LogP contribution in [0, 0.1) is 0 Å². The van der Waals surface area contributed by atoms with Crippen molar-refractivity contribution in [1.82, 2.24) is 5.32 Å². The molecule has 0 saturated heterocycles. The molecule has 5 nitrogen and oxygen atoms in total. The second kappa shape index (κ2) is 6.80. The maximum Gasteiger partial charge on any atom is 0.337 e. The lowest BCUT2D eigenvalue weighted by molar-refractivity contribution is 0.0697. The summed E-state index contributed by atoms with van der Waals surface area (Å²) in [6.45, 7) is 5.42. The number of hydrogen-bond acceptors (Lipinski definition) is 2. The van der Waals surface area contributed by atoms with E-state index < -0.39 is 12.0 Å². The number of halogens is 1. The molecule has 3 N–H and O–H groups in total. The molecule has 0 fully saturated rings. The molecule has 19 heavy (non-hydrogen) atoms. The smallest absolute Gasteiger partial charge is 0.337 e. The van der Waals surface area contributed by atoms with E-state index in [2.05, 4.69) is 17.2 Å². The van der Waals surface area contributed by atoms with Crippen LogP contribution in [0.2, 0.25) is 5.02 Å². The Bertz CT molecular complexity index is 503. The fraction of sp³-hybridized carbons (Fsp3) is 0.231. The summed E-state index contributed by atoms with van der Waals surface area (Å²) in [7, 11) is 0. The number of benzene rings is 1. The molecule has 0 aliphatic carbocycles. The number of rotatable bonds is 5. The van der Waals surface area contributed by atoms with Gasteiger partial charge in [-0.15, -0.1) is 6.58 Å². The highest BCUT2D eigenvalue weighted by Crippen LogP contribution is 2.20. The SMILES string of the molecule is C=CCC(C)NC(=O)Nc1ccc(Cl)c(C(=O)O)c1. The number of hydrogen-bond donors (Lipinski definition) is 3. The zero-order valence-electron chi connectivity index (χ0n) is 10.4. The number of carboxylic acid groups (broad SMARTS) is 1. The van der Waals surface area contributed by atoms with Crippen LogP contribution in [-0.2, 0) is 0 Å². The second-order valence-corrected chi connectivity index (χ2v) is 4.43. The van der Waals surface area contributed by atoms with Crippen LogP contribution in [0.4, 0.5) is 10.5 Å². The zero-order valence-corrected chi connectivity index (χ0v) is 11.2. The number of nitrogens with one attached hydrogen (secondary N) is 2. The van der Waals surface area contributed by atoms with E-state index in [0.29, 0.717) is 12.1 Å². The maximum absolute atomic E-state index is 11.6. The van der Waals surface area contributed by atoms with E-state index >= 15 is 0 Å². The summed E-state index contributed by atoms with van der Waals surface area (Å²) in [6, 6.07) is 3.81. The maximum atomic E-state index is 11.6. The number of carbonyl (C=O) groups excluding carboxylic acids is 1. The largest absolute Gasteiger partial charge is 0.478 e. The van der Waals surface area contributed by atoms with Gasteiger partial charge in [0.2, 0.25) is 0 Å². The van der Waals surface area contributed by atoms with E-state index in [-0.39, 0.29) is 16.6 Å². The lowest BCUT2D eigenvalue weighted by Gasteiger charge is -2.13. The van der Waals surface area contributed by atoms with Gasteiger partial charge in [0.05, 0.1) is 10.6 Å². The van der Waals surface area contributed by atoms with Crippen LogP contribution >= 0.6 is 11.6 Å². The van der Waals surface area contributed by atoms with Gasteiger partial charge in [0.25, 0.3) is 0 Å². The molecular weight excluding hydrogens is 268 g/mol. The molecule has 6 heteroatoms. The summed E-state index contributed by atoms with van der Waals surface area (Å²) < 4.78 is 0. The fourth-order valence-corrected chi connectivity index (χ4v) is 1.67. The van der Waals surface area contributed by atoms with Crippen LogP contribution in [0.1, 0.15) is 23.7 Å². The monoisotopic (exact) mass is 282 g/mol. The van der Waals surface area contributed by atoms with E-state index in [4.69, 9.17) is 16.7 Å². The van der Waals surface area contributed by atoms with Crippen molar-refractivity contribution in [2.45, 2.75) is 19.4 Å². The molecular formula is C13H15ClN2O3. The van der Waals surface area contributed by atoms with E-state index in [1.165, 1.54) is 18.2 Å². The van der Waals surface area contributed by atoms with Crippen LogP contribution in [0.15, 0.2) is 30.9 Å². The Labute approximate surface area is 116 Å². The molecule has 0 aliphatic heterocycles. The lowest BCUT2D eigenvalue weighted by Crippen LogP contribution is -2.35. The zero-order chi connectivity index (χ0) is 14.4. The van der Waals surface area contributed by atoms with Crippen LogP contribution in [-0.4, -0.2) is 23.1 Å². The molecule has 0 saturated carbocycles. The topological polar surface area (TPSA) is 78.4 Å². The van der Waals surface area contributed by atoms with Crippen molar-refractivity contribution in [3.05, 3.63) is 41.4 Å².